The van der Waals surface area contributed by atoms with Gasteiger partial charge in [-0.25, -0.2) is 4.98 Å². The van der Waals surface area contributed by atoms with Gasteiger partial charge >= 0.3 is 0 Å². The van der Waals surface area contributed by atoms with Gasteiger partial charge in [0.1, 0.15) is 5.82 Å². The number of imidazole rings is 1. The number of aliphatic hydroxyl groups excluding tert-OH is 1. The van der Waals surface area contributed by atoms with Gasteiger partial charge in [0.15, 0.2) is 0 Å². The van der Waals surface area contributed by atoms with E-state index in [0.717, 1.165) is 67.0 Å². The van der Waals surface area contributed by atoms with Crippen LogP contribution in [0.4, 0.5) is 0 Å². The number of fused-ring (bicyclic) bond motifs is 3. The molecular weight excluding hydrogens is 388 g/mol. The van der Waals surface area contributed by atoms with E-state index in [9.17, 15) is 5.11 Å². The summed E-state index contributed by atoms with van der Waals surface area (Å²) in [6.07, 6.45) is 8.01. The number of likely N-dealkylation sites (tertiary alicyclic amines) is 1. The molecule has 2 aliphatic heterocycles. The van der Waals surface area contributed by atoms with Gasteiger partial charge in [-0.3, -0.25) is 14.6 Å². The monoisotopic (exact) mass is 414 g/mol. The number of hydrogen-bond acceptors (Lipinski definition) is 5. The molecule has 1 unspecified atom stereocenters. The molecular formula is C24H26N6O. The van der Waals surface area contributed by atoms with Crippen molar-refractivity contribution in [1.29, 1.82) is 0 Å². The Balaban J connectivity index is 1.25. The third kappa shape index (κ3) is 3.16. The minimum Gasteiger partial charge on any atom is -0.395 e. The summed E-state index contributed by atoms with van der Waals surface area (Å²) in [6, 6.07) is 12.7. The first-order valence-corrected chi connectivity index (χ1v) is 11.0. The number of rotatable bonds is 5. The van der Waals surface area contributed by atoms with Crippen LogP contribution in [-0.4, -0.2) is 54.0 Å². The Bertz CT molecular complexity index is 1240. The summed E-state index contributed by atoms with van der Waals surface area (Å²) in [4.78, 5) is 11.6. The third-order valence-electron chi connectivity index (χ3n) is 6.95. The van der Waals surface area contributed by atoms with Crippen molar-refractivity contribution in [2.75, 3.05) is 19.7 Å². The molecule has 0 radical (unpaired) electrons. The zero-order valence-electron chi connectivity index (χ0n) is 17.5. The number of nitrogens with zero attached hydrogens (tertiary/aromatic N) is 6. The Hall–Kier alpha value is -3.03. The van der Waals surface area contributed by atoms with Crippen LogP contribution >= 0.6 is 0 Å². The van der Waals surface area contributed by atoms with E-state index in [1.807, 2.05) is 30.7 Å². The lowest BCUT2D eigenvalue weighted by Gasteiger charge is -2.23. The van der Waals surface area contributed by atoms with Gasteiger partial charge in [-0.15, -0.1) is 0 Å². The molecule has 5 heterocycles. The van der Waals surface area contributed by atoms with Crippen LogP contribution in [0.3, 0.4) is 0 Å². The van der Waals surface area contributed by atoms with E-state index < -0.39 is 0 Å². The van der Waals surface area contributed by atoms with Crippen molar-refractivity contribution < 1.29 is 5.11 Å². The van der Waals surface area contributed by atoms with Crippen LogP contribution in [0, 0.1) is 0 Å². The molecule has 31 heavy (non-hydrogen) atoms. The first-order chi connectivity index (χ1) is 15.2. The van der Waals surface area contributed by atoms with Gasteiger partial charge in [0.25, 0.3) is 0 Å². The van der Waals surface area contributed by atoms with Gasteiger partial charge in [-0.1, -0.05) is 18.2 Å². The Morgan fingerprint density at radius 3 is 2.90 bits per heavy atom. The van der Waals surface area contributed by atoms with Crippen molar-refractivity contribution in [3.8, 4) is 11.3 Å². The first kappa shape index (κ1) is 18.7. The summed E-state index contributed by atoms with van der Waals surface area (Å²) in [5.74, 6) is 1.03. The van der Waals surface area contributed by atoms with Crippen LogP contribution in [0.2, 0.25) is 0 Å². The van der Waals surface area contributed by atoms with E-state index in [1.165, 1.54) is 5.69 Å². The summed E-state index contributed by atoms with van der Waals surface area (Å²) >= 11 is 0. The molecule has 1 spiro atoms. The Morgan fingerprint density at radius 2 is 1.97 bits per heavy atom. The highest BCUT2D eigenvalue weighted by Crippen LogP contribution is 2.44. The average molecular weight is 415 g/mol. The number of benzene rings is 1. The van der Waals surface area contributed by atoms with Crippen LogP contribution < -0.4 is 0 Å². The van der Waals surface area contributed by atoms with Crippen molar-refractivity contribution in [3.63, 3.8) is 0 Å². The number of aromatic nitrogens is 5. The van der Waals surface area contributed by atoms with Gasteiger partial charge in [0.2, 0.25) is 0 Å². The lowest BCUT2D eigenvalue weighted by atomic mass is 9.82. The van der Waals surface area contributed by atoms with Crippen molar-refractivity contribution in [2.45, 2.75) is 37.9 Å². The molecule has 6 rings (SSSR count). The quantitative estimate of drug-likeness (QED) is 0.544. The normalized spacial score (nSPS) is 20.8. The Labute approximate surface area is 181 Å². The van der Waals surface area contributed by atoms with Gasteiger partial charge < -0.3 is 9.67 Å². The maximum Gasteiger partial charge on any atom is 0.122 e. The standard InChI is InChI=1S/C24H26N6O/c31-12-11-29-10-7-25-23(29)16-28-8-5-24(17-28)6-9-30-22(24)14-21(27-30)19-13-18-3-1-2-4-20(18)26-15-19/h1-4,7,10,13-15,31H,5-6,8-9,11-12,16-17H2. The molecule has 0 aliphatic carbocycles. The van der Waals surface area contributed by atoms with Crippen LogP contribution in [0.25, 0.3) is 22.2 Å². The van der Waals surface area contributed by atoms with E-state index in [4.69, 9.17) is 5.10 Å². The molecule has 158 valence electrons. The number of pyridine rings is 1. The molecule has 2 aliphatic rings. The second-order valence-corrected chi connectivity index (χ2v) is 8.81. The molecule has 0 saturated carbocycles. The molecule has 1 N–H and O–H groups in total. The van der Waals surface area contributed by atoms with Crippen LogP contribution in [0.5, 0.6) is 0 Å². The highest BCUT2D eigenvalue weighted by Gasteiger charge is 2.45. The van der Waals surface area contributed by atoms with Crippen molar-refractivity contribution in [2.24, 2.45) is 0 Å². The van der Waals surface area contributed by atoms with Crippen molar-refractivity contribution in [3.05, 3.63) is 66.5 Å². The highest BCUT2D eigenvalue weighted by molar-refractivity contribution is 5.82. The summed E-state index contributed by atoms with van der Waals surface area (Å²) in [7, 11) is 0. The molecule has 0 amide bonds. The van der Waals surface area contributed by atoms with Gasteiger partial charge in [0, 0.05) is 60.3 Å². The zero-order valence-corrected chi connectivity index (χ0v) is 17.5. The molecule has 3 aromatic heterocycles. The number of para-hydroxylation sites is 1. The summed E-state index contributed by atoms with van der Waals surface area (Å²) in [5.41, 5.74) is 4.64. The van der Waals surface area contributed by atoms with Crippen molar-refractivity contribution in [1.82, 2.24) is 29.2 Å². The molecule has 1 atom stereocenters. The van der Waals surface area contributed by atoms with E-state index in [1.54, 1.807) is 0 Å². The lowest BCUT2D eigenvalue weighted by Crippen LogP contribution is -2.29. The first-order valence-electron chi connectivity index (χ1n) is 11.0. The fourth-order valence-electron chi connectivity index (χ4n) is 5.32. The molecule has 0 bridgehead atoms. The smallest absolute Gasteiger partial charge is 0.122 e. The predicted molar refractivity (Wildman–Crippen MR) is 118 cm³/mol. The Morgan fingerprint density at radius 1 is 1.06 bits per heavy atom. The summed E-state index contributed by atoms with van der Waals surface area (Å²) < 4.78 is 4.26. The van der Waals surface area contributed by atoms with E-state index in [2.05, 4.69) is 48.4 Å². The number of aliphatic hydroxyl groups is 1. The van der Waals surface area contributed by atoms with E-state index in [0.29, 0.717) is 6.54 Å². The largest absolute Gasteiger partial charge is 0.395 e. The molecule has 7 heteroatoms. The average Bonchev–Trinajstić information content (AvgIpc) is 3.56. The maximum absolute atomic E-state index is 9.28. The fourth-order valence-corrected chi connectivity index (χ4v) is 5.32. The van der Waals surface area contributed by atoms with Crippen LogP contribution in [0.1, 0.15) is 24.4 Å². The van der Waals surface area contributed by atoms with Crippen LogP contribution in [-0.2, 0) is 25.0 Å². The number of hydrogen-bond donors (Lipinski definition) is 1. The molecule has 1 saturated heterocycles. The maximum atomic E-state index is 9.28. The SMILES string of the molecule is OCCn1ccnc1CN1CCC2(CCn3nc(-c4cnc5ccccc5c4)cc32)C1. The summed E-state index contributed by atoms with van der Waals surface area (Å²) in [5, 5.41) is 15.4. The third-order valence-corrected chi connectivity index (χ3v) is 6.95. The Kier molecular flexibility index (Phi) is 4.40. The second-order valence-electron chi connectivity index (χ2n) is 8.81. The van der Waals surface area contributed by atoms with Gasteiger partial charge in [0.05, 0.1) is 24.4 Å². The van der Waals surface area contributed by atoms with Crippen LogP contribution in [0.15, 0.2) is 55.0 Å². The molecule has 1 aromatic carbocycles. The topological polar surface area (TPSA) is 72.0 Å². The van der Waals surface area contributed by atoms with E-state index in [-0.39, 0.29) is 12.0 Å². The number of aryl methyl sites for hydroxylation is 1. The van der Waals surface area contributed by atoms with E-state index >= 15 is 0 Å². The molecule has 1 fully saturated rings. The lowest BCUT2D eigenvalue weighted by molar-refractivity contribution is 0.261. The minimum absolute atomic E-state index is 0.138. The van der Waals surface area contributed by atoms with Gasteiger partial charge in [-0.05, 0) is 37.6 Å². The minimum atomic E-state index is 0.138. The second kappa shape index (κ2) is 7.28. The van der Waals surface area contributed by atoms with Crippen molar-refractivity contribution >= 4 is 10.9 Å². The molecule has 4 aromatic rings. The zero-order chi connectivity index (χ0) is 20.8. The molecule has 7 nitrogen and oxygen atoms in total. The fraction of sp³-hybridized carbons (Fsp3) is 0.375. The highest BCUT2D eigenvalue weighted by atomic mass is 16.3. The predicted octanol–water partition coefficient (Wildman–Crippen LogP) is 2.83. The summed E-state index contributed by atoms with van der Waals surface area (Å²) in [6.45, 7) is 4.63. The van der Waals surface area contributed by atoms with Gasteiger partial charge in [-0.2, -0.15) is 5.10 Å².